The van der Waals surface area contributed by atoms with Crippen LogP contribution in [-0.2, 0) is 0 Å². The number of fused-ring (bicyclic) bond motifs is 4. The third-order valence-corrected chi connectivity index (χ3v) is 10.2. The summed E-state index contributed by atoms with van der Waals surface area (Å²) in [6.07, 6.45) is 0. The molecule has 0 saturated carbocycles. The molecule has 0 saturated heterocycles. The number of hydrogen-bond acceptors (Lipinski definition) is 2. The van der Waals surface area contributed by atoms with Gasteiger partial charge in [0.05, 0.1) is 11.4 Å². The van der Waals surface area contributed by atoms with E-state index in [1.807, 2.05) is 24.3 Å². The first-order valence-electron chi connectivity index (χ1n) is 17.7. The minimum absolute atomic E-state index is 0.710. The quantitative estimate of drug-likeness (QED) is 0.172. The van der Waals surface area contributed by atoms with E-state index in [0.29, 0.717) is 5.82 Å². The Hall–Kier alpha value is -6.90. The van der Waals surface area contributed by atoms with Gasteiger partial charge in [-0.15, -0.1) is 0 Å². The molecule has 0 aliphatic rings. The molecular formula is C50H32N2. The SMILES string of the molecule is c1ccc(-c2cc(-c3ccc4c(-c5ccc6ccccc6c5)c5ccccc5c(-c5ccc6ccccc6c5)c4c3)nc(-c3ccccc3)n2)cc1. The Bertz CT molecular complexity index is 2890. The zero-order valence-corrected chi connectivity index (χ0v) is 28.4. The number of nitrogens with zero attached hydrogens (tertiary/aromatic N) is 2. The van der Waals surface area contributed by atoms with Crippen molar-refractivity contribution in [2.24, 2.45) is 0 Å². The van der Waals surface area contributed by atoms with E-state index in [-0.39, 0.29) is 0 Å². The predicted molar refractivity (Wildman–Crippen MR) is 219 cm³/mol. The highest BCUT2D eigenvalue weighted by molar-refractivity contribution is 6.22. The van der Waals surface area contributed by atoms with Crippen LogP contribution < -0.4 is 0 Å². The fraction of sp³-hybridized carbons (Fsp3) is 0. The lowest BCUT2D eigenvalue weighted by molar-refractivity contribution is 1.18. The first-order valence-corrected chi connectivity index (χ1v) is 17.7. The van der Waals surface area contributed by atoms with Crippen molar-refractivity contribution in [1.29, 1.82) is 0 Å². The molecule has 0 unspecified atom stereocenters. The van der Waals surface area contributed by atoms with Crippen molar-refractivity contribution in [3.8, 4) is 56.2 Å². The lowest BCUT2D eigenvalue weighted by Gasteiger charge is -2.19. The van der Waals surface area contributed by atoms with Crippen LogP contribution in [0.1, 0.15) is 0 Å². The largest absolute Gasteiger partial charge is 0.228 e. The molecule has 0 amide bonds. The highest BCUT2D eigenvalue weighted by Gasteiger charge is 2.19. The van der Waals surface area contributed by atoms with Crippen LogP contribution in [0.3, 0.4) is 0 Å². The second-order valence-corrected chi connectivity index (χ2v) is 13.4. The van der Waals surface area contributed by atoms with Crippen LogP contribution in [-0.4, -0.2) is 9.97 Å². The van der Waals surface area contributed by atoms with Crippen LogP contribution in [0.4, 0.5) is 0 Å². The fourth-order valence-electron chi connectivity index (χ4n) is 7.72. The van der Waals surface area contributed by atoms with E-state index in [1.54, 1.807) is 0 Å². The summed E-state index contributed by atoms with van der Waals surface area (Å²) in [6.45, 7) is 0. The predicted octanol–water partition coefficient (Wildman–Crippen LogP) is 13.4. The van der Waals surface area contributed by atoms with Crippen LogP contribution in [0.5, 0.6) is 0 Å². The van der Waals surface area contributed by atoms with Crippen LogP contribution in [0, 0.1) is 0 Å². The lowest BCUT2D eigenvalue weighted by Crippen LogP contribution is -1.96. The topological polar surface area (TPSA) is 25.8 Å². The fourth-order valence-corrected chi connectivity index (χ4v) is 7.72. The van der Waals surface area contributed by atoms with Crippen LogP contribution in [0.25, 0.3) is 99.2 Å². The maximum atomic E-state index is 5.22. The van der Waals surface area contributed by atoms with Gasteiger partial charge in [0.1, 0.15) is 0 Å². The van der Waals surface area contributed by atoms with E-state index >= 15 is 0 Å². The normalized spacial score (nSPS) is 11.5. The number of rotatable bonds is 5. The maximum absolute atomic E-state index is 5.22. The lowest BCUT2D eigenvalue weighted by atomic mass is 9.84. The molecule has 0 radical (unpaired) electrons. The number of aromatic nitrogens is 2. The standard InChI is InChI=1S/C50H32N2/c1-3-15-35(16-4-1)46-32-47(52-50(51-46)36-17-5-2-6-18-36)39-27-28-44-45(31-39)49(41-26-24-34-14-8-10-20-38(34)30-41)43-22-12-11-21-42(43)48(44)40-25-23-33-13-7-9-19-37(33)29-40/h1-32H. The molecule has 0 spiro atoms. The molecule has 10 aromatic rings. The van der Waals surface area contributed by atoms with Crippen LogP contribution in [0.2, 0.25) is 0 Å². The van der Waals surface area contributed by atoms with Gasteiger partial charge in [-0.1, -0.05) is 170 Å². The highest BCUT2D eigenvalue weighted by atomic mass is 14.9. The van der Waals surface area contributed by atoms with Crippen LogP contribution >= 0.6 is 0 Å². The van der Waals surface area contributed by atoms with E-state index < -0.39 is 0 Å². The van der Waals surface area contributed by atoms with Crippen molar-refractivity contribution >= 4 is 43.1 Å². The molecule has 2 nitrogen and oxygen atoms in total. The van der Waals surface area contributed by atoms with Gasteiger partial charge in [-0.25, -0.2) is 9.97 Å². The summed E-state index contributed by atoms with van der Waals surface area (Å²) in [5, 5.41) is 9.79. The molecule has 0 bridgehead atoms. The molecule has 0 aliphatic carbocycles. The molecule has 0 aliphatic heterocycles. The zero-order valence-electron chi connectivity index (χ0n) is 28.4. The second kappa shape index (κ2) is 12.5. The average Bonchev–Trinajstić information content (AvgIpc) is 3.22. The second-order valence-electron chi connectivity index (χ2n) is 13.4. The van der Waals surface area contributed by atoms with Gasteiger partial charge in [0.2, 0.25) is 0 Å². The molecule has 2 heteroatoms. The third kappa shape index (κ3) is 5.21. The number of benzene rings is 9. The van der Waals surface area contributed by atoms with Crippen molar-refractivity contribution in [2.45, 2.75) is 0 Å². The zero-order chi connectivity index (χ0) is 34.4. The van der Waals surface area contributed by atoms with E-state index in [0.717, 1.165) is 28.1 Å². The monoisotopic (exact) mass is 660 g/mol. The van der Waals surface area contributed by atoms with Gasteiger partial charge in [-0.05, 0) is 89.6 Å². The Labute approximate surface area is 302 Å². The number of hydrogen-bond donors (Lipinski definition) is 0. The molecule has 52 heavy (non-hydrogen) atoms. The highest BCUT2D eigenvalue weighted by Crippen LogP contribution is 2.46. The van der Waals surface area contributed by atoms with Crippen LogP contribution in [0.15, 0.2) is 194 Å². The molecule has 0 fully saturated rings. The summed E-state index contributed by atoms with van der Waals surface area (Å²) in [7, 11) is 0. The Kier molecular flexibility index (Phi) is 7.18. The Morgan fingerprint density at radius 1 is 0.250 bits per heavy atom. The van der Waals surface area contributed by atoms with Crippen molar-refractivity contribution in [1.82, 2.24) is 9.97 Å². The third-order valence-electron chi connectivity index (χ3n) is 10.2. The first kappa shape index (κ1) is 30.0. The molecule has 0 N–H and O–H groups in total. The summed E-state index contributed by atoms with van der Waals surface area (Å²) in [5.41, 5.74) is 9.75. The van der Waals surface area contributed by atoms with Gasteiger partial charge < -0.3 is 0 Å². The smallest absolute Gasteiger partial charge is 0.160 e. The Morgan fingerprint density at radius 3 is 1.29 bits per heavy atom. The molecule has 9 aromatic carbocycles. The molecule has 10 rings (SSSR count). The summed E-state index contributed by atoms with van der Waals surface area (Å²) in [5.74, 6) is 0.710. The molecule has 1 aromatic heterocycles. The maximum Gasteiger partial charge on any atom is 0.160 e. The summed E-state index contributed by atoms with van der Waals surface area (Å²) in [6, 6.07) is 69.5. The van der Waals surface area contributed by atoms with Gasteiger partial charge >= 0.3 is 0 Å². The van der Waals surface area contributed by atoms with Crippen molar-refractivity contribution in [3.05, 3.63) is 194 Å². The minimum Gasteiger partial charge on any atom is -0.228 e. The van der Waals surface area contributed by atoms with E-state index in [4.69, 9.17) is 9.97 Å². The van der Waals surface area contributed by atoms with Gasteiger partial charge in [-0.3, -0.25) is 0 Å². The van der Waals surface area contributed by atoms with Crippen molar-refractivity contribution in [2.75, 3.05) is 0 Å². The van der Waals surface area contributed by atoms with Gasteiger partial charge in [0.25, 0.3) is 0 Å². The van der Waals surface area contributed by atoms with Crippen molar-refractivity contribution in [3.63, 3.8) is 0 Å². The van der Waals surface area contributed by atoms with Gasteiger partial charge in [0.15, 0.2) is 5.82 Å². The van der Waals surface area contributed by atoms with Gasteiger partial charge in [-0.2, -0.15) is 0 Å². The first-order chi connectivity index (χ1) is 25.8. The van der Waals surface area contributed by atoms with E-state index in [2.05, 4.69) is 170 Å². The minimum atomic E-state index is 0.710. The summed E-state index contributed by atoms with van der Waals surface area (Å²) < 4.78 is 0. The van der Waals surface area contributed by atoms with Gasteiger partial charge in [0, 0.05) is 16.7 Å². The molecule has 0 atom stereocenters. The molecule has 1 heterocycles. The average molecular weight is 661 g/mol. The van der Waals surface area contributed by atoms with Crippen molar-refractivity contribution < 1.29 is 0 Å². The Balaban J connectivity index is 1.29. The van der Waals surface area contributed by atoms with E-state index in [9.17, 15) is 0 Å². The van der Waals surface area contributed by atoms with E-state index in [1.165, 1.54) is 65.3 Å². The Morgan fingerprint density at radius 2 is 0.692 bits per heavy atom. The summed E-state index contributed by atoms with van der Waals surface area (Å²) in [4.78, 5) is 10.3. The summed E-state index contributed by atoms with van der Waals surface area (Å²) >= 11 is 0. The molecular weight excluding hydrogens is 629 g/mol. The molecule has 242 valence electrons.